The van der Waals surface area contributed by atoms with Gasteiger partial charge in [0.2, 0.25) is 0 Å². The summed E-state index contributed by atoms with van der Waals surface area (Å²) in [6.07, 6.45) is 0. The van der Waals surface area contributed by atoms with Crippen LogP contribution in [0.5, 0.6) is 0 Å². The van der Waals surface area contributed by atoms with Crippen LogP contribution in [0.15, 0.2) is 46.1 Å². The van der Waals surface area contributed by atoms with Crippen molar-refractivity contribution in [2.75, 3.05) is 4.72 Å². The lowest BCUT2D eigenvalue weighted by Crippen LogP contribution is -2.16. The Morgan fingerprint density at radius 3 is 2.48 bits per heavy atom. The summed E-state index contributed by atoms with van der Waals surface area (Å²) < 4.78 is 29.2. The highest BCUT2D eigenvalue weighted by atomic mass is 32.2. The van der Waals surface area contributed by atoms with E-state index < -0.39 is 10.0 Å². The average molecular weight is 348 g/mol. The van der Waals surface area contributed by atoms with Gasteiger partial charge in [-0.2, -0.15) is 0 Å². The molecule has 0 fully saturated rings. The molecule has 0 unspecified atom stereocenters. The fourth-order valence-electron chi connectivity index (χ4n) is 2.53. The summed E-state index contributed by atoms with van der Waals surface area (Å²) in [6, 6.07) is 9.95. The minimum atomic E-state index is -3.62. The summed E-state index contributed by atoms with van der Waals surface area (Å²) in [4.78, 5) is 13.6. The van der Waals surface area contributed by atoms with Crippen molar-refractivity contribution in [3.8, 4) is 0 Å². The molecule has 2 aromatic heterocycles. The van der Waals surface area contributed by atoms with Crippen LogP contribution in [-0.4, -0.2) is 13.0 Å². The summed E-state index contributed by atoms with van der Waals surface area (Å²) in [7, 11) is -1.93. The van der Waals surface area contributed by atoms with Gasteiger partial charge in [0.25, 0.3) is 15.6 Å². The molecule has 1 aromatic carbocycles. The fraction of sp³-hybridized carbons (Fsp3) is 0.188. The topological polar surface area (TPSA) is 68.2 Å². The van der Waals surface area contributed by atoms with Gasteiger partial charge in [0, 0.05) is 33.9 Å². The molecule has 3 aromatic rings. The average Bonchev–Trinajstić information content (AvgIpc) is 2.82. The van der Waals surface area contributed by atoms with Gasteiger partial charge in [0.1, 0.15) is 4.90 Å². The standard InChI is InChI=1S/C16H16N2O3S2/c1-10-8-15(11(2)22-10)23(20,21)17-13-5-6-14-12(9-13)4-7-16(19)18(14)3/h4-9,17H,1-3H3. The molecule has 0 aliphatic rings. The van der Waals surface area contributed by atoms with Crippen LogP contribution >= 0.6 is 11.3 Å². The van der Waals surface area contributed by atoms with Gasteiger partial charge in [-0.1, -0.05) is 0 Å². The molecule has 0 aliphatic carbocycles. The highest BCUT2D eigenvalue weighted by Crippen LogP contribution is 2.27. The van der Waals surface area contributed by atoms with Gasteiger partial charge in [-0.15, -0.1) is 11.3 Å². The van der Waals surface area contributed by atoms with Crippen molar-refractivity contribution in [3.63, 3.8) is 0 Å². The lowest BCUT2D eigenvalue weighted by atomic mass is 10.2. The SMILES string of the molecule is Cc1cc(S(=O)(=O)Nc2ccc3c(ccc(=O)n3C)c2)c(C)s1. The number of thiophene rings is 1. The lowest BCUT2D eigenvalue weighted by Gasteiger charge is -2.10. The van der Waals surface area contributed by atoms with Crippen LogP contribution in [0.1, 0.15) is 9.75 Å². The minimum absolute atomic E-state index is 0.102. The molecule has 0 bridgehead atoms. The number of sulfonamides is 1. The number of nitrogens with zero attached hydrogens (tertiary/aromatic N) is 1. The number of aromatic nitrogens is 1. The fourth-order valence-corrected chi connectivity index (χ4v) is 5.14. The number of pyridine rings is 1. The first-order chi connectivity index (χ1) is 10.8. The van der Waals surface area contributed by atoms with Gasteiger partial charge in [0.15, 0.2) is 0 Å². The number of hydrogen-bond acceptors (Lipinski definition) is 4. The summed E-state index contributed by atoms with van der Waals surface area (Å²) in [5.74, 6) is 0. The van der Waals surface area contributed by atoms with Crippen molar-refractivity contribution in [3.05, 3.63) is 56.5 Å². The van der Waals surface area contributed by atoms with E-state index in [0.29, 0.717) is 10.6 Å². The van der Waals surface area contributed by atoms with Gasteiger partial charge >= 0.3 is 0 Å². The minimum Gasteiger partial charge on any atom is -0.311 e. The molecule has 0 amide bonds. The van der Waals surface area contributed by atoms with Crippen molar-refractivity contribution < 1.29 is 8.42 Å². The number of hydrogen-bond donors (Lipinski definition) is 1. The molecule has 0 radical (unpaired) electrons. The summed E-state index contributed by atoms with van der Waals surface area (Å²) >= 11 is 1.46. The first-order valence-corrected chi connectivity index (χ1v) is 9.27. The van der Waals surface area contributed by atoms with E-state index in [-0.39, 0.29) is 5.56 Å². The van der Waals surface area contributed by atoms with Gasteiger partial charge in [-0.3, -0.25) is 9.52 Å². The van der Waals surface area contributed by atoms with E-state index in [2.05, 4.69) is 4.72 Å². The molecule has 1 N–H and O–H groups in total. The normalized spacial score (nSPS) is 11.8. The molecule has 0 atom stereocenters. The Hall–Kier alpha value is -2.12. The zero-order valence-corrected chi connectivity index (χ0v) is 14.6. The van der Waals surface area contributed by atoms with Gasteiger partial charge in [-0.05, 0) is 44.2 Å². The number of anilines is 1. The maximum absolute atomic E-state index is 12.5. The molecule has 5 nitrogen and oxygen atoms in total. The zero-order valence-electron chi connectivity index (χ0n) is 13.0. The monoisotopic (exact) mass is 348 g/mol. The molecule has 0 saturated carbocycles. The molecular weight excluding hydrogens is 332 g/mol. The predicted octanol–water partition coefficient (Wildman–Crippen LogP) is 3.02. The second kappa shape index (κ2) is 5.50. The molecule has 0 spiro atoms. The van der Waals surface area contributed by atoms with Crippen LogP contribution in [0, 0.1) is 13.8 Å². The van der Waals surface area contributed by atoms with Crippen LogP contribution in [0.2, 0.25) is 0 Å². The largest absolute Gasteiger partial charge is 0.311 e. The van der Waals surface area contributed by atoms with E-state index >= 15 is 0 Å². The molecular formula is C16H16N2O3S2. The van der Waals surface area contributed by atoms with E-state index in [1.807, 2.05) is 6.92 Å². The Morgan fingerprint density at radius 2 is 1.83 bits per heavy atom. The van der Waals surface area contributed by atoms with Crippen molar-refractivity contribution in [1.82, 2.24) is 4.57 Å². The smallest absolute Gasteiger partial charge is 0.262 e. The number of rotatable bonds is 3. The second-order valence-electron chi connectivity index (χ2n) is 5.39. The lowest BCUT2D eigenvalue weighted by molar-refractivity contribution is 0.601. The molecule has 2 heterocycles. The number of benzene rings is 1. The van der Waals surface area contributed by atoms with E-state index in [1.54, 1.807) is 44.3 Å². The maximum Gasteiger partial charge on any atom is 0.262 e. The van der Waals surface area contributed by atoms with Crippen molar-refractivity contribution in [2.45, 2.75) is 18.7 Å². The highest BCUT2D eigenvalue weighted by molar-refractivity contribution is 7.93. The molecule has 120 valence electrons. The second-order valence-corrected chi connectivity index (χ2v) is 8.50. The number of nitrogens with one attached hydrogen (secondary N) is 1. The van der Waals surface area contributed by atoms with E-state index in [0.717, 1.165) is 20.7 Å². The summed E-state index contributed by atoms with van der Waals surface area (Å²) in [5.41, 5.74) is 1.12. The Morgan fingerprint density at radius 1 is 1.09 bits per heavy atom. The highest BCUT2D eigenvalue weighted by Gasteiger charge is 2.19. The Kier molecular flexibility index (Phi) is 3.77. The van der Waals surface area contributed by atoms with Gasteiger partial charge in [0.05, 0.1) is 5.52 Å². The van der Waals surface area contributed by atoms with Gasteiger partial charge in [-0.25, -0.2) is 8.42 Å². The Bertz CT molecular complexity index is 1060. The Balaban J connectivity index is 2.03. The van der Waals surface area contributed by atoms with E-state index in [4.69, 9.17) is 0 Å². The third-order valence-electron chi connectivity index (χ3n) is 3.66. The zero-order chi connectivity index (χ0) is 16.8. The number of aryl methyl sites for hydroxylation is 3. The Labute approximate surface area is 138 Å². The maximum atomic E-state index is 12.5. The quantitative estimate of drug-likeness (QED) is 0.791. The van der Waals surface area contributed by atoms with E-state index in [1.165, 1.54) is 22.0 Å². The van der Waals surface area contributed by atoms with Crippen LogP contribution < -0.4 is 10.3 Å². The first-order valence-electron chi connectivity index (χ1n) is 6.97. The van der Waals surface area contributed by atoms with Gasteiger partial charge < -0.3 is 4.57 Å². The van der Waals surface area contributed by atoms with Crippen molar-refractivity contribution in [1.29, 1.82) is 0 Å². The molecule has 3 rings (SSSR count). The predicted molar refractivity (Wildman–Crippen MR) is 93.8 cm³/mol. The summed E-state index contributed by atoms with van der Waals surface area (Å²) in [6.45, 7) is 3.68. The molecule has 23 heavy (non-hydrogen) atoms. The first kappa shape index (κ1) is 15.8. The van der Waals surface area contributed by atoms with Crippen LogP contribution in [0.4, 0.5) is 5.69 Å². The van der Waals surface area contributed by atoms with Crippen molar-refractivity contribution >= 4 is 38.0 Å². The third kappa shape index (κ3) is 2.89. The molecule has 0 saturated heterocycles. The third-order valence-corrected chi connectivity index (χ3v) is 6.26. The molecule has 0 aliphatic heterocycles. The summed E-state index contributed by atoms with van der Waals surface area (Å²) in [5, 5.41) is 0.797. The number of fused-ring (bicyclic) bond motifs is 1. The van der Waals surface area contributed by atoms with Crippen LogP contribution in [0.3, 0.4) is 0 Å². The van der Waals surface area contributed by atoms with Crippen molar-refractivity contribution in [2.24, 2.45) is 7.05 Å². The molecule has 7 heteroatoms. The van der Waals surface area contributed by atoms with Crippen LogP contribution in [-0.2, 0) is 17.1 Å². The van der Waals surface area contributed by atoms with Crippen LogP contribution in [0.25, 0.3) is 10.9 Å². The van der Waals surface area contributed by atoms with E-state index in [9.17, 15) is 13.2 Å².